The number of hydroxylamine groups is 1. The van der Waals surface area contributed by atoms with Crippen LogP contribution < -0.4 is 10.4 Å². The van der Waals surface area contributed by atoms with E-state index in [4.69, 9.17) is 4.84 Å². The second kappa shape index (κ2) is 6.39. The average Bonchev–Trinajstić information content (AvgIpc) is 3.22. The third-order valence-corrected chi connectivity index (χ3v) is 4.59. The van der Waals surface area contributed by atoms with Gasteiger partial charge in [0.05, 0.1) is 21.9 Å². The van der Waals surface area contributed by atoms with Gasteiger partial charge < -0.3 is 0 Å². The van der Waals surface area contributed by atoms with Gasteiger partial charge in [-0.3, -0.25) is 34.8 Å². The SMILES string of the molecule is CC(=O)c1ccc(N2C(=O)C3=C(c4ccc([N+](=O)[O-])cc4)NO[C@H]3C2=O)cc1. The highest BCUT2D eigenvalue weighted by atomic mass is 16.7. The van der Waals surface area contributed by atoms with Crippen molar-refractivity contribution in [3.8, 4) is 0 Å². The number of benzene rings is 2. The Hall–Kier alpha value is -3.85. The maximum Gasteiger partial charge on any atom is 0.270 e. The third kappa shape index (κ3) is 2.65. The lowest BCUT2D eigenvalue weighted by atomic mass is 10.0. The van der Waals surface area contributed by atoms with Gasteiger partial charge in [-0.15, -0.1) is 0 Å². The number of nitrogens with zero attached hydrogens (tertiary/aromatic N) is 2. The molecule has 4 rings (SSSR count). The van der Waals surface area contributed by atoms with E-state index >= 15 is 0 Å². The number of hydrogen-bond donors (Lipinski definition) is 1. The van der Waals surface area contributed by atoms with Gasteiger partial charge in [-0.1, -0.05) is 0 Å². The van der Waals surface area contributed by atoms with Crippen LogP contribution >= 0.6 is 0 Å². The number of nitrogens with one attached hydrogen (secondary N) is 1. The molecule has 0 radical (unpaired) electrons. The molecule has 2 heterocycles. The summed E-state index contributed by atoms with van der Waals surface area (Å²) in [5.41, 5.74) is 4.19. The van der Waals surface area contributed by atoms with Crippen molar-refractivity contribution in [2.24, 2.45) is 0 Å². The summed E-state index contributed by atoms with van der Waals surface area (Å²) in [6.45, 7) is 1.42. The fourth-order valence-electron chi connectivity index (χ4n) is 3.15. The number of nitro groups is 1. The van der Waals surface area contributed by atoms with Gasteiger partial charge in [0.25, 0.3) is 17.5 Å². The number of Topliss-reactive ketones (excluding diaryl/α,β-unsaturated/α-hetero) is 1. The predicted octanol–water partition coefficient (Wildman–Crippen LogP) is 1.99. The summed E-state index contributed by atoms with van der Waals surface area (Å²) in [7, 11) is 0. The summed E-state index contributed by atoms with van der Waals surface area (Å²) in [4.78, 5) is 53.6. The highest BCUT2D eigenvalue weighted by molar-refractivity contribution is 6.33. The Morgan fingerprint density at radius 1 is 1.11 bits per heavy atom. The van der Waals surface area contributed by atoms with Crippen LogP contribution in [0.25, 0.3) is 5.70 Å². The number of anilines is 1. The largest absolute Gasteiger partial charge is 0.295 e. The van der Waals surface area contributed by atoms with Crippen molar-refractivity contribution in [3.05, 3.63) is 75.3 Å². The minimum Gasteiger partial charge on any atom is -0.295 e. The molecule has 9 nitrogen and oxygen atoms in total. The first-order chi connectivity index (χ1) is 13.4. The fourth-order valence-corrected chi connectivity index (χ4v) is 3.15. The molecule has 0 bridgehead atoms. The summed E-state index contributed by atoms with van der Waals surface area (Å²) < 4.78 is 0. The van der Waals surface area contributed by atoms with E-state index in [2.05, 4.69) is 5.48 Å². The molecule has 1 saturated heterocycles. The van der Waals surface area contributed by atoms with Crippen molar-refractivity contribution < 1.29 is 24.1 Å². The van der Waals surface area contributed by atoms with Gasteiger partial charge in [0.15, 0.2) is 11.9 Å². The molecule has 0 aromatic heterocycles. The Balaban J connectivity index is 1.71. The maximum absolute atomic E-state index is 12.9. The van der Waals surface area contributed by atoms with Crippen LogP contribution in [-0.2, 0) is 14.4 Å². The molecule has 2 amide bonds. The Morgan fingerprint density at radius 2 is 1.75 bits per heavy atom. The van der Waals surface area contributed by atoms with Crippen molar-refractivity contribution >= 4 is 34.7 Å². The van der Waals surface area contributed by atoms with E-state index < -0.39 is 22.8 Å². The van der Waals surface area contributed by atoms with Crippen LogP contribution in [0, 0.1) is 10.1 Å². The first-order valence-corrected chi connectivity index (χ1v) is 8.28. The van der Waals surface area contributed by atoms with Crippen LogP contribution in [0.1, 0.15) is 22.8 Å². The van der Waals surface area contributed by atoms with E-state index in [1.165, 1.54) is 55.5 Å². The van der Waals surface area contributed by atoms with Gasteiger partial charge >= 0.3 is 0 Å². The average molecular weight is 379 g/mol. The first kappa shape index (κ1) is 17.6. The van der Waals surface area contributed by atoms with Gasteiger partial charge in [-0.05, 0) is 43.3 Å². The van der Waals surface area contributed by atoms with E-state index in [0.29, 0.717) is 22.5 Å². The molecule has 0 unspecified atom stereocenters. The summed E-state index contributed by atoms with van der Waals surface area (Å²) in [6.07, 6.45) is -1.11. The van der Waals surface area contributed by atoms with Crippen molar-refractivity contribution in [2.45, 2.75) is 13.0 Å². The number of ketones is 1. The molecule has 2 aliphatic rings. The van der Waals surface area contributed by atoms with E-state index in [1.54, 1.807) is 0 Å². The molecule has 9 heteroatoms. The standard InChI is InChI=1S/C19H13N3O6/c1-10(23)11-2-6-13(7-3-11)21-18(24)15-16(20-28-17(15)19(21)25)12-4-8-14(9-5-12)22(26)27/h2-9,17,20H,1H3/t17-/m1/s1. The molecule has 1 N–H and O–H groups in total. The van der Waals surface area contributed by atoms with Crippen LogP contribution in [0.4, 0.5) is 11.4 Å². The monoisotopic (exact) mass is 379 g/mol. The number of carbonyl (C=O) groups excluding carboxylic acids is 3. The lowest BCUT2D eigenvalue weighted by Gasteiger charge is -2.16. The second-order valence-electron chi connectivity index (χ2n) is 6.27. The summed E-state index contributed by atoms with van der Waals surface area (Å²) >= 11 is 0. The lowest BCUT2D eigenvalue weighted by molar-refractivity contribution is -0.384. The Kier molecular flexibility index (Phi) is 4.01. The zero-order valence-electron chi connectivity index (χ0n) is 14.5. The highest BCUT2D eigenvalue weighted by Crippen LogP contribution is 2.36. The van der Waals surface area contributed by atoms with Crippen molar-refractivity contribution in [3.63, 3.8) is 0 Å². The number of rotatable bonds is 4. The summed E-state index contributed by atoms with van der Waals surface area (Å²) in [5, 5.41) is 10.8. The van der Waals surface area contributed by atoms with Crippen LogP contribution in [0.3, 0.4) is 0 Å². The van der Waals surface area contributed by atoms with Crippen molar-refractivity contribution in [1.29, 1.82) is 0 Å². The third-order valence-electron chi connectivity index (χ3n) is 4.59. The molecule has 28 heavy (non-hydrogen) atoms. The molecule has 0 saturated carbocycles. The zero-order valence-corrected chi connectivity index (χ0v) is 14.5. The number of nitro benzene ring substituents is 1. The van der Waals surface area contributed by atoms with Crippen LogP contribution in [-0.4, -0.2) is 28.6 Å². The van der Waals surface area contributed by atoms with Crippen molar-refractivity contribution in [1.82, 2.24) is 5.48 Å². The predicted molar refractivity (Wildman–Crippen MR) is 97.0 cm³/mol. The summed E-state index contributed by atoms with van der Waals surface area (Å²) in [6, 6.07) is 11.7. The van der Waals surface area contributed by atoms with Gasteiger partial charge in [-0.25, -0.2) is 4.90 Å². The molecular formula is C19H13N3O6. The molecular weight excluding hydrogens is 366 g/mol. The number of amides is 2. The zero-order chi connectivity index (χ0) is 20.0. The Bertz CT molecular complexity index is 1060. The van der Waals surface area contributed by atoms with Crippen molar-refractivity contribution in [2.75, 3.05) is 4.90 Å². The van der Waals surface area contributed by atoms with E-state index in [9.17, 15) is 24.5 Å². The van der Waals surface area contributed by atoms with Crippen LogP contribution in [0.15, 0.2) is 54.1 Å². The molecule has 2 aliphatic heterocycles. The topological polar surface area (TPSA) is 119 Å². The molecule has 0 aliphatic carbocycles. The molecule has 1 fully saturated rings. The summed E-state index contributed by atoms with van der Waals surface area (Å²) in [5.74, 6) is -1.23. The number of imide groups is 1. The quantitative estimate of drug-likeness (QED) is 0.373. The Morgan fingerprint density at radius 3 is 2.32 bits per heavy atom. The molecule has 0 spiro atoms. The minimum absolute atomic E-state index is 0.0918. The normalized spacial score (nSPS) is 18.3. The Labute approximate surface area is 158 Å². The first-order valence-electron chi connectivity index (χ1n) is 8.28. The smallest absolute Gasteiger partial charge is 0.270 e. The van der Waals surface area contributed by atoms with Crippen LogP contribution in [0.5, 0.6) is 0 Å². The molecule has 1 atom stereocenters. The van der Waals surface area contributed by atoms with Gasteiger partial charge in [0.2, 0.25) is 0 Å². The molecule has 140 valence electrons. The van der Waals surface area contributed by atoms with Crippen LogP contribution in [0.2, 0.25) is 0 Å². The van der Waals surface area contributed by atoms with Gasteiger partial charge in [-0.2, -0.15) is 0 Å². The van der Waals surface area contributed by atoms with E-state index in [0.717, 1.165) is 4.90 Å². The van der Waals surface area contributed by atoms with E-state index in [-0.39, 0.29) is 17.0 Å². The second-order valence-corrected chi connectivity index (χ2v) is 6.27. The number of fused-ring (bicyclic) bond motifs is 1. The number of hydrogen-bond acceptors (Lipinski definition) is 7. The number of non-ortho nitro benzene ring substituents is 1. The lowest BCUT2D eigenvalue weighted by Crippen LogP contribution is -2.34. The number of carbonyl (C=O) groups is 3. The maximum atomic E-state index is 12.9. The molecule has 2 aromatic carbocycles. The highest BCUT2D eigenvalue weighted by Gasteiger charge is 2.50. The van der Waals surface area contributed by atoms with Gasteiger partial charge in [0, 0.05) is 23.3 Å². The van der Waals surface area contributed by atoms with Gasteiger partial charge in [0.1, 0.15) is 0 Å². The fraction of sp³-hybridized carbons (Fsp3) is 0.105. The van der Waals surface area contributed by atoms with E-state index in [1.807, 2.05) is 0 Å². The minimum atomic E-state index is -1.11. The molecule has 2 aromatic rings.